The Balaban J connectivity index is 2.36. The van der Waals surface area contributed by atoms with E-state index < -0.39 is 12.8 Å². The molecule has 0 bridgehead atoms. The second-order valence-electron chi connectivity index (χ2n) is 5.74. The Labute approximate surface area is 118 Å². The van der Waals surface area contributed by atoms with Gasteiger partial charge in [0.05, 0.1) is 0 Å². The molecule has 0 spiro atoms. The molecule has 5 heteroatoms. The molecule has 114 valence electrons. The molecule has 0 unspecified atom stereocenters. The number of rotatable bonds is 6. The van der Waals surface area contributed by atoms with Crippen LogP contribution in [0.25, 0.3) is 0 Å². The van der Waals surface area contributed by atoms with E-state index >= 15 is 0 Å². The summed E-state index contributed by atoms with van der Waals surface area (Å²) in [5, 5.41) is 3.26. The first-order chi connectivity index (χ1) is 9.20. The Morgan fingerprint density at radius 2 is 1.75 bits per heavy atom. The van der Waals surface area contributed by atoms with Crippen LogP contribution in [0.2, 0.25) is 0 Å². The van der Waals surface area contributed by atoms with Crippen LogP contribution < -0.4 is 5.32 Å². The van der Waals surface area contributed by atoms with Gasteiger partial charge in [0.1, 0.15) is 6.61 Å². The third kappa shape index (κ3) is 6.28. The summed E-state index contributed by atoms with van der Waals surface area (Å²) in [5.41, 5.74) is 2.24. The van der Waals surface area contributed by atoms with E-state index in [-0.39, 0.29) is 12.0 Å². The van der Waals surface area contributed by atoms with E-state index in [1.807, 2.05) is 18.2 Å². The predicted octanol–water partition coefficient (Wildman–Crippen LogP) is 4.37. The van der Waals surface area contributed by atoms with Crippen molar-refractivity contribution in [3.05, 3.63) is 29.8 Å². The van der Waals surface area contributed by atoms with Crippen molar-refractivity contribution >= 4 is 5.69 Å². The second-order valence-corrected chi connectivity index (χ2v) is 5.74. The first-order valence-electron chi connectivity index (χ1n) is 6.68. The fraction of sp³-hybridized carbons (Fsp3) is 0.600. The number of halogens is 3. The van der Waals surface area contributed by atoms with E-state index in [1.165, 1.54) is 5.56 Å². The summed E-state index contributed by atoms with van der Waals surface area (Å²) >= 11 is 0. The maximum atomic E-state index is 11.9. The first-order valence-corrected chi connectivity index (χ1v) is 6.68. The highest BCUT2D eigenvalue weighted by atomic mass is 19.4. The number of hydrogen-bond acceptors (Lipinski definition) is 2. The Bertz CT molecular complexity index is 410. The van der Waals surface area contributed by atoms with Gasteiger partial charge in [0, 0.05) is 18.8 Å². The molecule has 1 rings (SSSR count). The van der Waals surface area contributed by atoms with E-state index in [0.717, 1.165) is 5.69 Å². The van der Waals surface area contributed by atoms with Crippen LogP contribution >= 0.6 is 0 Å². The Morgan fingerprint density at radius 3 is 2.35 bits per heavy atom. The minimum absolute atomic E-state index is 0.0242. The Kier molecular flexibility index (Phi) is 5.87. The first kappa shape index (κ1) is 16.8. The predicted molar refractivity (Wildman–Crippen MR) is 75.1 cm³/mol. The van der Waals surface area contributed by atoms with Crippen molar-refractivity contribution in [2.75, 3.05) is 25.1 Å². The van der Waals surface area contributed by atoms with Gasteiger partial charge in [-0.3, -0.25) is 0 Å². The maximum Gasteiger partial charge on any atom is 0.411 e. The molecule has 2 nitrogen and oxygen atoms in total. The lowest BCUT2D eigenvalue weighted by molar-refractivity contribution is -0.173. The van der Waals surface area contributed by atoms with Crippen LogP contribution in [0.15, 0.2) is 24.3 Å². The normalized spacial score (nSPS) is 12.5. The molecule has 0 aromatic heterocycles. The molecular weight excluding hydrogens is 267 g/mol. The molecule has 1 aromatic carbocycles. The van der Waals surface area contributed by atoms with Gasteiger partial charge < -0.3 is 10.1 Å². The van der Waals surface area contributed by atoms with Gasteiger partial charge in [0.25, 0.3) is 0 Å². The molecule has 20 heavy (non-hydrogen) atoms. The number of benzene rings is 1. The van der Waals surface area contributed by atoms with Crippen molar-refractivity contribution in [1.29, 1.82) is 0 Å². The standard InChI is InChI=1S/C15H22F3NO/c1-14(2,3)12-7-4-5-8-13(12)19-9-6-10-20-11-15(16,17)18/h4-5,7-8,19H,6,9-11H2,1-3H3. The minimum Gasteiger partial charge on any atom is -0.385 e. The Morgan fingerprint density at radius 1 is 1.10 bits per heavy atom. The highest BCUT2D eigenvalue weighted by Gasteiger charge is 2.27. The highest BCUT2D eigenvalue weighted by Crippen LogP contribution is 2.29. The second kappa shape index (κ2) is 6.97. The van der Waals surface area contributed by atoms with Gasteiger partial charge in [-0.15, -0.1) is 0 Å². The quantitative estimate of drug-likeness (QED) is 0.785. The lowest BCUT2D eigenvalue weighted by Crippen LogP contribution is -2.19. The molecule has 0 atom stereocenters. The van der Waals surface area contributed by atoms with Crippen LogP contribution in [-0.2, 0) is 10.2 Å². The maximum absolute atomic E-state index is 11.9. The van der Waals surface area contributed by atoms with Gasteiger partial charge in [-0.2, -0.15) is 13.2 Å². The summed E-state index contributed by atoms with van der Waals surface area (Å²) < 4.78 is 40.2. The Hall–Kier alpha value is -1.23. The zero-order valence-electron chi connectivity index (χ0n) is 12.2. The monoisotopic (exact) mass is 289 g/mol. The molecule has 0 fully saturated rings. The van der Waals surface area contributed by atoms with Crippen LogP contribution in [0.3, 0.4) is 0 Å². The van der Waals surface area contributed by atoms with Crippen LogP contribution in [0.4, 0.5) is 18.9 Å². The van der Waals surface area contributed by atoms with E-state index in [9.17, 15) is 13.2 Å². The molecule has 0 amide bonds. The molecule has 0 aliphatic rings. The lowest BCUT2D eigenvalue weighted by atomic mass is 9.86. The highest BCUT2D eigenvalue weighted by molar-refractivity contribution is 5.54. The molecule has 0 radical (unpaired) electrons. The largest absolute Gasteiger partial charge is 0.411 e. The molecule has 0 aliphatic heterocycles. The van der Waals surface area contributed by atoms with Gasteiger partial charge in [-0.05, 0) is 23.5 Å². The van der Waals surface area contributed by atoms with Crippen molar-refractivity contribution in [3.63, 3.8) is 0 Å². The topological polar surface area (TPSA) is 21.3 Å². The van der Waals surface area contributed by atoms with Crippen molar-refractivity contribution in [2.24, 2.45) is 0 Å². The third-order valence-electron chi connectivity index (χ3n) is 2.78. The van der Waals surface area contributed by atoms with Crippen molar-refractivity contribution in [1.82, 2.24) is 0 Å². The minimum atomic E-state index is -4.24. The van der Waals surface area contributed by atoms with Gasteiger partial charge in [0.15, 0.2) is 0 Å². The smallest absolute Gasteiger partial charge is 0.385 e. The molecule has 1 N–H and O–H groups in total. The van der Waals surface area contributed by atoms with Gasteiger partial charge in [-0.1, -0.05) is 39.0 Å². The SMILES string of the molecule is CC(C)(C)c1ccccc1NCCCOCC(F)(F)F. The van der Waals surface area contributed by atoms with E-state index in [1.54, 1.807) is 0 Å². The van der Waals surface area contributed by atoms with Gasteiger partial charge in [-0.25, -0.2) is 0 Å². The zero-order valence-corrected chi connectivity index (χ0v) is 12.2. The van der Waals surface area contributed by atoms with Gasteiger partial charge in [0.2, 0.25) is 0 Å². The summed E-state index contributed by atoms with van der Waals surface area (Å²) in [4.78, 5) is 0. The average Bonchev–Trinajstić information content (AvgIpc) is 2.31. The van der Waals surface area contributed by atoms with E-state index in [0.29, 0.717) is 13.0 Å². The molecular formula is C15H22F3NO. The van der Waals surface area contributed by atoms with E-state index in [2.05, 4.69) is 36.9 Å². The van der Waals surface area contributed by atoms with Crippen molar-refractivity contribution in [3.8, 4) is 0 Å². The molecule has 1 aromatic rings. The molecule has 0 heterocycles. The van der Waals surface area contributed by atoms with Crippen LogP contribution in [-0.4, -0.2) is 25.9 Å². The number of ether oxygens (including phenoxy) is 1. The van der Waals surface area contributed by atoms with Crippen LogP contribution in [0.5, 0.6) is 0 Å². The number of alkyl halides is 3. The molecule has 0 saturated carbocycles. The number of nitrogens with one attached hydrogen (secondary N) is 1. The lowest BCUT2D eigenvalue weighted by Gasteiger charge is -2.23. The van der Waals surface area contributed by atoms with E-state index in [4.69, 9.17) is 0 Å². The third-order valence-corrected chi connectivity index (χ3v) is 2.78. The molecule has 0 aliphatic carbocycles. The fourth-order valence-corrected chi connectivity index (χ4v) is 1.88. The van der Waals surface area contributed by atoms with Crippen molar-refractivity contribution < 1.29 is 17.9 Å². The summed E-state index contributed by atoms with van der Waals surface area (Å²) in [6.07, 6.45) is -3.71. The zero-order chi connectivity index (χ0) is 15.2. The number of anilines is 1. The van der Waals surface area contributed by atoms with Crippen LogP contribution in [0.1, 0.15) is 32.8 Å². The summed E-state index contributed by atoms with van der Waals surface area (Å²) in [6, 6.07) is 7.97. The van der Waals surface area contributed by atoms with Crippen molar-refractivity contribution in [2.45, 2.75) is 38.8 Å². The van der Waals surface area contributed by atoms with Crippen LogP contribution in [0, 0.1) is 0 Å². The number of para-hydroxylation sites is 1. The summed E-state index contributed by atoms with van der Waals surface area (Å²) in [7, 11) is 0. The summed E-state index contributed by atoms with van der Waals surface area (Å²) in [5.74, 6) is 0. The van der Waals surface area contributed by atoms with Gasteiger partial charge >= 0.3 is 6.18 Å². The summed E-state index contributed by atoms with van der Waals surface area (Å²) in [6.45, 7) is 5.89. The fourth-order valence-electron chi connectivity index (χ4n) is 1.88. The average molecular weight is 289 g/mol. The number of hydrogen-bond donors (Lipinski definition) is 1. The molecule has 0 saturated heterocycles.